The number of amides is 1. The van der Waals surface area contributed by atoms with E-state index in [2.05, 4.69) is 0 Å². The summed E-state index contributed by atoms with van der Waals surface area (Å²) in [7, 11) is 0. The number of carboxylic acid groups (broad SMARTS) is 1. The van der Waals surface area contributed by atoms with Gasteiger partial charge in [-0.05, 0) is 25.1 Å². The third kappa shape index (κ3) is 4.89. The van der Waals surface area contributed by atoms with Crippen molar-refractivity contribution in [1.82, 2.24) is 4.90 Å². The van der Waals surface area contributed by atoms with Crippen molar-refractivity contribution in [3.05, 3.63) is 54.0 Å². The van der Waals surface area contributed by atoms with Gasteiger partial charge in [-0.1, -0.05) is 18.2 Å². The van der Waals surface area contributed by atoms with Gasteiger partial charge in [-0.15, -0.1) is 11.8 Å². The molecule has 0 atom stereocenters. The number of aliphatic carboxylic acids is 1. The van der Waals surface area contributed by atoms with Gasteiger partial charge >= 0.3 is 5.97 Å². The second-order valence-corrected chi connectivity index (χ2v) is 5.95. The zero-order chi connectivity index (χ0) is 16.7. The molecule has 1 aromatic heterocycles. The predicted octanol–water partition coefficient (Wildman–Crippen LogP) is 3.51. The molecule has 23 heavy (non-hydrogen) atoms. The summed E-state index contributed by atoms with van der Waals surface area (Å²) in [6, 6.07) is 11.7. The minimum absolute atomic E-state index is 0.0750. The van der Waals surface area contributed by atoms with Crippen molar-refractivity contribution in [3.63, 3.8) is 0 Å². The maximum Gasteiger partial charge on any atom is 0.305 e. The Hall–Kier alpha value is -2.21. The van der Waals surface area contributed by atoms with Crippen LogP contribution in [0.5, 0.6) is 0 Å². The first-order valence-corrected chi connectivity index (χ1v) is 8.35. The molecule has 2 rings (SSSR count). The van der Waals surface area contributed by atoms with E-state index in [1.54, 1.807) is 17.8 Å². The highest BCUT2D eigenvalue weighted by molar-refractivity contribution is 7.98. The second kappa shape index (κ2) is 8.43. The minimum Gasteiger partial charge on any atom is -0.481 e. The number of benzene rings is 1. The van der Waals surface area contributed by atoms with Crippen LogP contribution in [-0.2, 0) is 10.5 Å². The molecule has 2 aromatic rings. The molecule has 0 unspecified atom stereocenters. The Morgan fingerprint density at radius 3 is 2.61 bits per heavy atom. The molecule has 0 spiro atoms. The maximum absolute atomic E-state index is 12.5. The molecule has 0 saturated heterocycles. The largest absolute Gasteiger partial charge is 0.481 e. The summed E-state index contributed by atoms with van der Waals surface area (Å²) in [5.41, 5.74) is 0.817. The van der Waals surface area contributed by atoms with Gasteiger partial charge in [0.05, 0.1) is 12.7 Å². The van der Waals surface area contributed by atoms with E-state index >= 15 is 0 Å². The molecular weight excluding hydrogens is 314 g/mol. The minimum atomic E-state index is -0.921. The van der Waals surface area contributed by atoms with Gasteiger partial charge in [-0.25, -0.2) is 0 Å². The number of carbonyl (C=O) groups excluding carboxylic acids is 1. The lowest BCUT2D eigenvalue weighted by Crippen LogP contribution is -2.33. The van der Waals surface area contributed by atoms with E-state index in [0.29, 0.717) is 18.1 Å². The number of carboxylic acids is 1. The fourth-order valence-corrected chi connectivity index (χ4v) is 2.99. The Balaban J connectivity index is 2.03. The number of hydrogen-bond donors (Lipinski definition) is 1. The quantitative estimate of drug-likeness (QED) is 0.749. The van der Waals surface area contributed by atoms with Crippen molar-refractivity contribution in [1.29, 1.82) is 0 Å². The Bertz CT molecular complexity index is 654. The average molecular weight is 333 g/mol. The smallest absolute Gasteiger partial charge is 0.305 e. The molecule has 0 bridgehead atoms. The van der Waals surface area contributed by atoms with Crippen molar-refractivity contribution in [3.8, 4) is 0 Å². The Labute approximate surface area is 139 Å². The molecule has 1 heterocycles. The average Bonchev–Trinajstić information content (AvgIpc) is 3.02. The van der Waals surface area contributed by atoms with Crippen LogP contribution >= 0.6 is 11.8 Å². The third-order valence-electron chi connectivity index (χ3n) is 3.34. The zero-order valence-electron chi connectivity index (χ0n) is 12.9. The van der Waals surface area contributed by atoms with Crippen molar-refractivity contribution < 1.29 is 19.1 Å². The number of furan rings is 1. The summed E-state index contributed by atoms with van der Waals surface area (Å²) in [4.78, 5) is 25.8. The summed E-state index contributed by atoms with van der Waals surface area (Å²) in [6.45, 7) is 2.44. The first kappa shape index (κ1) is 17.1. The standard InChI is InChI=1S/C17H19NO4S/c1-2-18(10-8-15(19)20)17(21)16-13(9-11-22-16)12-23-14-6-4-3-5-7-14/h3-7,9,11H,2,8,10,12H2,1H3,(H,19,20). The Kier molecular flexibility index (Phi) is 6.29. The van der Waals surface area contributed by atoms with Crippen molar-refractivity contribution >= 4 is 23.6 Å². The van der Waals surface area contributed by atoms with Crippen LogP contribution < -0.4 is 0 Å². The van der Waals surface area contributed by atoms with E-state index in [4.69, 9.17) is 9.52 Å². The molecule has 6 heteroatoms. The third-order valence-corrected chi connectivity index (χ3v) is 4.40. The molecule has 0 saturated carbocycles. The number of hydrogen-bond acceptors (Lipinski definition) is 4. The predicted molar refractivity (Wildman–Crippen MR) is 88.5 cm³/mol. The normalized spacial score (nSPS) is 10.5. The van der Waals surface area contributed by atoms with Gasteiger partial charge in [-0.2, -0.15) is 0 Å². The molecule has 5 nitrogen and oxygen atoms in total. The van der Waals surface area contributed by atoms with Crippen LogP contribution in [0.4, 0.5) is 0 Å². The van der Waals surface area contributed by atoms with Gasteiger partial charge in [0.1, 0.15) is 0 Å². The SMILES string of the molecule is CCN(CCC(=O)O)C(=O)c1occc1CSc1ccccc1. The van der Waals surface area contributed by atoms with Crippen LogP contribution in [0, 0.1) is 0 Å². The molecule has 1 N–H and O–H groups in total. The molecule has 0 radical (unpaired) electrons. The van der Waals surface area contributed by atoms with Crippen molar-refractivity contribution in [2.24, 2.45) is 0 Å². The van der Waals surface area contributed by atoms with Gasteiger partial charge in [-0.3, -0.25) is 9.59 Å². The molecule has 0 aliphatic rings. The number of thioether (sulfide) groups is 1. The van der Waals surface area contributed by atoms with E-state index in [1.807, 2.05) is 37.3 Å². The first-order chi connectivity index (χ1) is 11.1. The number of carbonyl (C=O) groups is 2. The molecule has 0 aliphatic carbocycles. The lowest BCUT2D eigenvalue weighted by molar-refractivity contribution is -0.137. The van der Waals surface area contributed by atoms with E-state index in [9.17, 15) is 9.59 Å². The van der Waals surface area contributed by atoms with Crippen molar-refractivity contribution in [2.45, 2.75) is 24.0 Å². The van der Waals surface area contributed by atoms with Crippen LogP contribution in [0.3, 0.4) is 0 Å². The van der Waals surface area contributed by atoms with E-state index < -0.39 is 5.97 Å². The van der Waals surface area contributed by atoms with Crippen LogP contribution in [0.15, 0.2) is 52.0 Å². The Morgan fingerprint density at radius 2 is 1.96 bits per heavy atom. The highest BCUT2D eigenvalue weighted by Gasteiger charge is 2.21. The molecule has 1 amide bonds. The van der Waals surface area contributed by atoms with E-state index in [0.717, 1.165) is 10.5 Å². The summed E-state index contributed by atoms with van der Waals surface area (Å²) in [6.07, 6.45) is 1.42. The number of rotatable bonds is 8. The van der Waals surface area contributed by atoms with Crippen LogP contribution in [0.1, 0.15) is 29.5 Å². The Morgan fingerprint density at radius 1 is 1.22 bits per heavy atom. The fourth-order valence-electron chi connectivity index (χ4n) is 2.09. The zero-order valence-corrected chi connectivity index (χ0v) is 13.7. The molecular formula is C17H19NO4S. The lowest BCUT2D eigenvalue weighted by Gasteiger charge is -2.19. The van der Waals surface area contributed by atoms with Gasteiger partial charge in [0.25, 0.3) is 5.91 Å². The second-order valence-electron chi connectivity index (χ2n) is 4.91. The lowest BCUT2D eigenvalue weighted by atomic mass is 10.2. The summed E-state index contributed by atoms with van der Waals surface area (Å²) < 4.78 is 5.35. The van der Waals surface area contributed by atoms with Crippen LogP contribution in [0.25, 0.3) is 0 Å². The topological polar surface area (TPSA) is 70.8 Å². The van der Waals surface area contributed by atoms with Crippen LogP contribution in [-0.4, -0.2) is 35.0 Å². The monoisotopic (exact) mass is 333 g/mol. The molecule has 0 aliphatic heterocycles. The molecule has 1 aromatic carbocycles. The summed E-state index contributed by atoms with van der Waals surface area (Å²) in [5, 5.41) is 8.77. The number of nitrogens with zero attached hydrogens (tertiary/aromatic N) is 1. The summed E-state index contributed by atoms with van der Waals surface area (Å²) >= 11 is 1.62. The molecule has 122 valence electrons. The van der Waals surface area contributed by atoms with Gasteiger partial charge < -0.3 is 14.4 Å². The van der Waals surface area contributed by atoms with Crippen molar-refractivity contribution in [2.75, 3.05) is 13.1 Å². The van der Waals surface area contributed by atoms with Gasteiger partial charge in [0.2, 0.25) is 0 Å². The maximum atomic E-state index is 12.5. The first-order valence-electron chi connectivity index (χ1n) is 7.37. The van der Waals surface area contributed by atoms with Gasteiger partial charge in [0.15, 0.2) is 5.76 Å². The van der Waals surface area contributed by atoms with E-state index in [-0.39, 0.29) is 18.9 Å². The van der Waals surface area contributed by atoms with E-state index in [1.165, 1.54) is 11.2 Å². The highest BCUT2D eigenvalue weighted by atomic mass is 32.2. The highest BCUT2D eigenvalue weighted by Crippen LogP contribution is 2.25. The summed E-state index contributed by atoms with van der Waals surface area (Å²) in [5.74, 6) is -0.267. The fraction of sp³-hybridized carbons (Fsp3) is 0.294. The van der Waals surface area contributed by atoms with Crippen LogP contribution in [0.2, 0.25) is 0 Å². The van der Waals surface area contributed by atoms with Gasteiger partial charge in [0, 0.05) is 29.3 Å². The molecule has 0 fully saturated rings.